The van der Waals surface area contributed by atoms with E-state index in [-0.39, 0.29) is 6.10 Å². The van der Waals surface area contributed by atoms with Crippen LogP contribution in [0.25, 0.3) is 0 Å². The van der Waals surface area contributed by atoms with Gasteiger partial charge in [-0.3, -0.25) is 10.2 Å². The second-order valence-corrected chi connectivity index (χ2v) is 2.84. The van der Waals surface area contributed by atoms with Crippen LogP contribution in [0.4, 0.5) is 0 Å². The number of ether oxygens (including phenoxy) is 1. The molecule has 1 aliphatic heterocycles. The normalized spacial score (nSPS) is 30.3. The molecule has 1 fully saturated rings. The minimum absolute atomic E-state index is 0.228. The molecule has 4 heteroatoms. The van der Waals surface area contributed by atoms with Crippen molar-refractivity contribution in [1.29, 1.82) is 0 Å². The fourth-order valence-corrected chi connectivity index (χ4v) is 1.25. The van der Waals surface area contributed by atoms with Gasteiger partial charge in [-0.15, -0.1) is 0 Å². The van der Waals surface area contributed by atoms with E-state index in [0.29, 0.717) is 6.61 Å². The van der Waals surface area contributed by atoms with Gasteiger partial charge in [0.05, 0.1) is 12.7 Å². The number of nitrogens with zero attached hydrogens (tertiary/aromatic N) is 1. The second kappa shape index (κ2) is 4.01. The summed E-state index contributed by atoms with van der Waals surface area (Å²) < 4.78 is 5.32. The summed E-state index contributed by atoms with van der Waals surface area (Å²) in [6, 6.07) is 0. The average molecular weight is 160 g/mol. The predicted molar refractivity (Wildman–Crippen MR) is 42.1 cm³/mol. The minimum Gasteiger partial charge on any atom is -0.376 e. The molecule has 0 amide bonds. The molecule has 1 saturated heterocycles. The van der Waals surface area contributed by atoms with E-state index in [1.807, 2.05) is 11.8 Å². The molecule has 1 aliphatic rings. The largest absolute Gasteiger partial charge is 0.376 e. The van der Waals surface area contributed by atoms with Crippen LogP contribution in [0, 0.1) is 0 Å². The molecule has 2 unspecified atom stereocenters. The van der Waals surface area contributed by atoms with E-state index in [9.17, 15) is 5.11 Å². The topological polar surface area (TPSA) is 44.7 Å². The third kappa shape index (κ3) is 2.41. The van der Waals surface area contributed by atoms with Crippen LogP contribution in [-0.2, 0) is 4.74 Å². The molecule has 2 N–H and O–H groups in total. The van der Waals surface area contributed by atoms with E-state index in [1.54, 1.807) is 7.05 Å². The first kappa shape index (κ1) is 8.93. The summed E-state index contributed by atoms with van der Waals surface area (Å²) in [5.74, 6) is 0. The van der Waals surface area contributed by atoms with E-state index >= 15 is 0 Å². The maximum Gasteiger partial charge on any atom is 0.162 e. The summed E-state index contributed by atoms with van der Waals surface area (Å²) >= 11 is 0. The Labute approximate surface area is 67.1 Å². The van der Waals surface area contributed by atoms with E-state index in [2.05, 4.69) is 5.32 Å². The van der Waals surface area contributed by atoms with Crippen LogP contribution in [0.2, 0.25) is 0 Å². The molecule has 4 nitrogen and oxygen atoms in total. The maximum absolute atomic E-state index is 9.36. The minimum atomic E-state index is -0.527. The predicted octanol–water partition coefficient (Wildman–Crippen LogP) is -0.798. The molecule has 0 radical (unpaired) electrons. The van der Waals surface area contributed by atoms with Gasteiger partial charge in [-0.05, 0) is 14.0 Å². The van der Waals surface area contributed by atoms with Crippen LogP contribution < -0.4 is 5.32 Å². The number of rotatable bonds is 2. The molecule has 0 bridgehead atoms. The molecule has 0 aromatic carbocycles. The van der Waals surface area contributed by atoms with Crippen molar-refractivity contribution in [2.45, 2.75) is 19.4 Å². The van der Waals surface area contributed by atoms with Crippen molar-refractivity contribution in [1.82, 2.24) is 10.2 Å². The van der Waals surface area contributed by atoms with Crippen LogP contribution >= 0.6 is 0 Å². The van der Waals surface area contributed by atoms with Gasteiger partial charge in [-0.1, -0.05) is 0 Å². The Morgan fingerprint density at radius 1 is 1.73 bits per heavy atom. The summed E-state index contributed by atoms with van der Waals surface area (Å²) in [4.78, 5) is 1.95. The Bertz CT molecular complexity index is 121. The van der Waals surface area contributed by atoms with E-state index < -0.39 is 6.35 Å². The average Bonchev–Trinajstić information content (AvgIpc) is 2.03. The van der Waals surface area contributed by atoms with Gasteiger partial charge in [0.1, 0.15) is 0 Å². The molecule has 66 valence electrons. The van der Waals surface area contributed by atoms with Crippen molar-refractivity contribution in [3.8, 4) is 0 Å². The van der Waals surface area contributed by atoms with Gasteiger partial charge in [0.25, 0.3) is 0 Å². The molecule has 0 aromatic rings. The lowest BCUT2D eigenvalue weighted by Crippen LogP contribution is -2.51. The van der Waals surface area contributed by atoms with Crippen LogP contribution in [0.5, 0.6) is 0 Å². The molecule has 0 aliphatic carbocycles. The first-order valence-corrected chi connectivity index (χ1v) is 3.95. The highest BCUT2D eigenvalue weighted by Crippen LogP contribution is 2.04. The molecule has 2 atom stereocenters. The number of morpholine rings is 1. The lowest BCUT2D eigenvalue weighted by molar-refractivity contribution is -0.0970. The van der Waals surface area contributed by atoms with Crippen LogP contribution in [0.1, 0.15) is 6.92 Å². The molecule has 0 aromatic heterocycles. The molecule has 0 spiro atoms. The zero-order valence-electron chi connectivity index (χ0n) is 7.08. The number of nitrogens with one attached hydrogen (secondary N) is 1. The lowest BCUT2D eigenvalue weighted by Gasteiger charge is -2.34. The quantitative estimate of drug-likeness (QED) is 0.519. The van der Waals surface area contributed by atoms with Gasteiger partial charge in [0, 0.05) is 13.1 Å². The molecular formula is C7H16N2O2. The van der Waals surface area contributed by atoms with Crippen LogP contribution in [0.3, 0.4) is 0 Å². The van der Waals surface area contributed by atoms with Crippen molar-refractivity contribution in [3.05, 3.63) is 0 Å². The number of hydrogen-bond donors (Lipinski definition) is 2. The Morgan fingerprint density at radius 3 is 3.00 bits per heavy atom. The fourth-order valence-electron chi connectivity index (χ4n) is 1.25. The number of aliphatic hydroxyl groups excluding tert-OH is 1. The zero-order chi connectivity index (χ0) is 8.27. The SMILES string of the molecule is CNC(O)N1CCOC(C)C1. The van der Waals surface area contributed by atoms with Crippen molar-refractivity contribution in [2.75, 3.05) is 26.7 Å². The van der Waals surface area contributed by atoms with E-state index in [1.165, 1.54) is 0 Å². The lowest BCUT2D eigenvalue weighted by atomic mass is 10.3. The van der Waals surface area contributed by atoms with Crippen molar-refractivity contribution in [2.24, 2.45) is 0 Å². The van der Waals surface area contributed by atoms with Crippen molar-refractivity contribution < 1.29 is 9.84 Å². The van der Waals surface area contributed by atoms with Gasteiger partial charge in [-0.25, -0.2) is 0 Å². The van der Waals surface area contributed by atoms with Crippen molar-refractivity contribution in [3.63, 3.8) is 0 Å². The standard InChI is InChI=1S/C7H16N2O2/c1-6-5-9(3-4-11-6)7(10)8-2/h6-8,10H,3-5H2,1-2H3. The van der Waals surface area contributed by atoms with Crippen molar-refractivity contribution >= 4 is 0 Å². The van der Waals surface area contributed by atoms with E-state index in [4.69, 9.17) is 4.74 Å². The third-order valence-corrected chi connectivity index (χ3v) is 1.88. The first-order chi connectivity index (χ1) is 5.24. The summed E-state index contributed by atoms with van der Waals surface area (Å²) in [6.45, 7) is 4.31. The maximum atomic E-state index is 9.36. The van der Waals surface area contributed by atoms with E-state index in [0.717, 1.165) is 13.1 Å². The van der Waals surface area contributed by atoms with Crippen LogP contribution in [0.15, 0.2) is 0 Å². The molecule has 11 heavy (non-hydrogen) atoms. The van der Waals surface area contributed by atoms with Gasteiger partial charge >= 0.3 is 0 Å². The van der Waals surface area contributed by atoms with Gasteiger partial charge < -0.3 is 9.84 Å². The molecule has 1 rings (SSSR count). The Kier molecular flexibility index (Phi) is 3.26. The summed E-state index contributed by atoms with van der Waals surface area (Å²) in [6.07, 6.45) is -0.298. The zero-order valence-corrected chi connectivity index (χ0v) is 7.08. The molecular weight excluding hydrogens is 144 g/mol. The van der Waals surface area contributed by atoms with Gasteiger partial charge in [-0.2, -0.15) is 0 Å². The smallest absolute Gasteiger partial charge is 0.162 e. The Balaban J connectivity index is 2.33. The van der Waals surface area contributed by atoms with Gasteiger partial charge in [0.2, 0.25) is 0 Å². The van der Waals surface area contributed by atoms with Crippen LogP contribution in [-0.4, -0.2) is 49.2 Å². The Morgan fingerprint density at radius 2 is 2.45 bits per heavy atom. The summed E-state index contributed by atoms with van der Waals surface area (Å²) in [5.41, 5.74) is 0. The second-order valence-electron chi connectivity index (χ2n) is 2.84. The highest BCUT2D eigenvalue weighted by molar-refractivity contribution is 4.68. The molecule has 0 saturated carbocycles. The fraction of sp³-hybridized carbons (Fsp3) is 1.00. The Hall–Kier alpha value is -0.160. The number of hydrogen-bond acceptors (Lipinski definition) is 4. The third-order valence-electron chi connectivity index (χ3n) is 1.88. The number of aliphatic hydroxyl groups is 1. The highest BCUT2D eigenvalue weighted by atomic mass is 16.5. The monoisotopic (exact) mass is 160 g/mol. The highest BCUT2D eigenvalue weighted by Gasteiger charge is 2.20. The molecule has 1 heterocycles. The van der Waals surface area contributed by atoms with Gasteiger partial charge in [0.15, 0.2) is 6.35 Å². The summed E-state index contributed by atoms with van der Waals surface area (Å²) in [5, 5.41) is 12.1. The first-order valence-electron chi connectivity index (χ1n) is 3.95. The summed E-state index contributed by atoms with van der Waals surface area (Å²) in [7, 11) is 1.74.